The molecule has 23 heavy (non-hydrogen) atoms. The second-order valence-corrected chi connectivity index (χ2v) is 6.20. The molecular formula is C16H21ClFN3O2. The van der Waals surface area contributed by atoms with Crippen LogP contribution >= 0.6 is 12.4 Å². The summed E-state index contributed by atoms with van der Waals surface area (Å²) in [5.41, 5.74) is 6.13. The van der Waals surface area contributed by atoms with Crippen molar-refractivity contribution in [2.24, 2.45) is 5.73 Å². The zero-order valence-electron chi connectivity index (χ0n) is 13.0. The lowest BCUT2D eigenvalue weighted by molar-refractivity contribution is -0.135. The monoisotopic (exact) mass is 341 g/mol. The molecule has 7 heteroatoms. The molecule has 0 bridgehead atoms. The highest BCUT2D eigenvalue weighted by atomic mass is 35.5. The van der Waals surface area contributed by atoms with E-state index < -0.39 is 5.54 Å². The highest BCUT2D eigenvalue weighted by molar-refractivity contribution is 5.94. The molecular weight excluding hydrogens is 321 g/mol. The Hall–Kier alpha value is -1.66. The molecule has 0 aromatic heterocycles. The van der Waals surface area contributed by atoms with E-state index in [1.807, 2.05) is 0 Å². The number of aryl methyl sites for hydroxylation is 1. The fraction of sp³-hybridized carbons (Fsp3) is 0.500. The maximum Gasteiger partial charge on any atom is 0.254 e. The molecule has 1 saturated heterocycles. The average Bonchev–Trinajstić information content (AvgIpc) is 3.28. The quantitative estimate of drug-likeness (QED) is 0.882. The summed E-state index contributed by atoms with van der Waals surface area (Å²) < 4.78 is 13.6. The van der Waals surface area contributed by atoms with Crippen molar-refractivity contribution in [1.82, 2.24) is 9.80 Å². The molecule has 0 spiro atoms. The van der Waals surface area contributed by atoms with Crippen molar-refractivity contribution in [3.8, 4) is 0 Å². The molecule has 0 unspecified atom stereocenters. The predicted molar refractivity (Wildman–Crippen MR) is 87.0 cm³/mol. The molecule has 5 nitrogen and oxygen atoms in total. The van der Waals surface area contributed by atoms with Gasteiger partial charge in [-0.1, -0.05) is 6.07 Å². The number of carbonyl (C=O) groups is 2. The van der Waals surface area contributed by atoms with Crippen LogP contribution in [0, 0.1) is 12.7 Å². The number of halogens is 2. The summed E-state index contributed by atoms with van der Waals surface area (Å²) in [6.07, 6.45) is 1.49. The third kappa shape index (κ3) is 3.48. The van der Waals surface area contributed by atoms with Crippen LogP contribution in [0.4, 0.5) is 4.39 Å². The fourth-order valence-corrected chi connectivity index (χ4v) is 2.68. The Kier molecular flexibility index (Phi) is 4.96. The fourth-order valence-electron chi connectivity index (χ4n) is 2.68. The van der Waals surface area contributed by atoms with Gasteiger partial charge in [0.2, 0.25) is 5.91 Å². The summed E-state index contributed by atoms with van der Waals surface area (Å²) in [7, 11) is 0. The van der Waals surface area contributed by atoms with E-state index in [-0.39, 0.29) is 30.0 Å². The van der Waals surface area contributed by atoms with E-state index in [2.05, 4.69) is 0 Å². The zero-order chi connectivity index (χ0) is 15.9. The molecule has 1 aliphatic carbocycles. The van der Waals surface area contributed by atoms with Gasteiger partial charge in [-0.05, 0) is 37.5 Å². The van der Waals surface area contributed by atoms with E-state index in [1.54, 1.807) is 28.9 Å². The number of hydrogen-bond donors (Lipinski definition) is 1. The van der Waals surface area contributed by atoms with Crippen molar-refractivity contribution in [1.29, 1.82) is 0 Å². The van der Waals surface area contributed by atoms with Crippen LogP contribution in [-0.2, 0) is 4.79 Å². The highest BCUT2D eigenvalue weighted by Crippen LogP contribution is 2.34. The first-order valence-electron chi connectivity index (χ1n) is 7.54. The van der Waals surface area contributed by atoms with Gasteiger partial charge in [0.25, 0.3) is 5.91 Å². The summed E-state index contributed by atoms with van der Waals surface area (Å²) in [5.74, 6) is -0.584. The smallest absolute Gasteiger partial charge is 0.254 e. The Balaban J connectivity index is 0.00000192. The molecule has 1 saturated carbocycles. The van der Waals surface area contributed by atoms with Gasteiger partial charge in [-0.15, -0.1) is 12.4 Å². The molecule has 1 heterocycles. The molecule has 2 aliphatic rings. The van der Waals surface area contributed by atoms with Crippen LogP contribution in [0.15, 0.2) is 18.2 Å². The zero-order valence-corrected chi connectivity index (χ0v) is 13.9. The normalized spacial score (nSPS) is 19.1. The van der Waals surface area contributed by atoms with Gasteiger partial charge < -0.3 is 15.5 Å². The predicted octanol–water partition coefficient (Wildman–Crippen LogP) is 1.33. The molecule has 3 rings (SSSR count). The minimum absolute atomic E-state index is 0. The number of nitrogens with zero attached hydrogens (tertiary/aromatic N) is 2. The van der Waals surface area contributed by atoms with Crippen LogP contribution in [-0.4, -0.2) is 53.3 Å². The van der Waals surface area contributed by atoms with Crippen molar-refractivity contribution in [2.45, 2.75) is 25.3 Å². The van der Waals surface area contributed by atoms with Crippen molar-refractivity contribution in [2.75, 3.05) is 26.2 Å². The van der Waals surface area contributed by atoms with Crippen LogP contribution in [0.3, 0.4) is 0 Å². The van der Waals surface area contributed by atoms with E-state index in [1.165, 1.54) is 6.07 Å². The first kappa shape index (κ1) is 17.7. The van der Waals surface area contributed by atoms with Gasteiger partial charge in [0.05, 0.1) is 5.54 Å². The highest BCUT2D eigenvalue weighted by Gasteiger charge is 2.48. The number of carbonyl (C=O) groups excluding carboxylic acids is 2. The summed E-state index contributed by atoms with van der Waals surface area (Å²) in [5, 5.41) is 0. The Morgan fingerprint density at radius 1 is 1.13 bits per heavy atom. The summed E-state index contributed by atoms with van der Waals surface area (Å²) in [4.78, 5) is 27.9. The largest absolute Gasteiger partial charge is 0.338 e. The van der Waals surface area contributed by atoms with E-state index in [9.17, 15) is 14.0 Å². The van der Waals surface area contributed by atoms with E-state index in [4.69, 9.17) is 5.73 Å². The van der Waals surface area contributed by atoms with Crippen LogP contribution in [0.2, 0.25) is 0 Å². The third-order valence-corrected chi connectivity index (χ3v) is 4.49. The molecule has 126 valence electrons. The Bertz CT molecular complexity index is 626. The van der Waals surface area contributed by atoms with Crippen LogP contribution < -0.4 is 5.73 Å². The van der Waals surface area contributed by atoms with Gasteiger partial charge in [-0.25, -0.2) is 4.39 Å². The lowest BCUT2D eigenvalue weighted by Crippen LogP contribution is -2.55. The second kappa shape index (κ2) is 6.45. The maximum atomic E-state index is 13.6. The summed E-state index contributed by atoms with van der Waals surface area (Å²) in [6, 6.07) is 4.51. The molecule has 0 atom stereocenters. The first-order chi connectivity index (χ1) is 10.4. The van der Waals surface area contributed by atoms with Crippen molar-refractivity contribution in [3.63, 3.8) is 0 Å². The molecule has 1 aromatic rings. The van der Waals surface area contributed by atoms with Gasteiger partial charge in [0.15, 0.2) is 0 Å². The van der Waals surface area contributed by atoms with Crippen LogP contribution in [0.25, 0.3) is 0 Å². The second-order valence-electron chi connectivity index (χ2n) is 6.20. The van der Waals surface area contributed by atoms with Crippen molar-refractivity contribution < 1.29 is 14.0 Å². The first-order valence-corrected chi connectivity index (χ1v) is 7.54. The summed E-state index contributed by atoms with van der Waals surface area (Å²) in [6.45, 7) is 3.54. The minimum Gasteiger partial charge on any atom is -0.338 e. The average molecular weight is 342 g/mol. The van der Waals surface area contributed by atoms with Gasteiger partial charge in [0.1, 0.15) is 5.82 Å². The van der Waals surface area contributed by atoms with Gasteiger partial charge >= 0.3 is 0 Å². The van der Waals surface area contributed by atoms with Crippen LogP contribution in [0.1, 0.15) is 28.8 Å². The number of hydrogen-bond acceptors (Lipinski definition) is 3. The molecule has 2 N–H and O–H groups in total. The topological polar surface area (TPSA) is 66.6 Å². The number of nitrogens with two attached hydrogens (primary N) is 1. The number of amides is 2. The minimum atomic E-state index is -0.660. The Morgan fingerprint density at radius 3 is 2.22 bits per heavy atom. The van der Waals surface area contributed by atoms with E-state index in [0.717, 1.165) is 12.8 Å². The molecule has 1 aliphatic heterocycles. The van der Waals surface area contributed by atoms with Crippen LogP contribution in [0.5, 0.6) is 0 Å². The molecule has 0 radical (unpaired) electrons. The van der Waals surface area contributed by atoms with Crippen molar-refractivity contribution >= 4 is 24.2 Å². The number of piperazine rings is 1. The Labute approximate surface area is 141 Å². The lowest BCUT2D eigenvalue weighted by Gasteiger charge is -2.36. The van der Waals surface area contributed by atoms with E-state index in [0.29, 0.717) is 37.3 Å². The Morgan fingerprint density at radius 2 is 1.70 bits per heavy atom. The number of rotatable bonds is 2. The van der Waals surface area contributed by atoms with Gasteiger partial charge in [-0.3, -0.25) is 9.59 Å². The molecule has 2 fully saturated rings. The van der Waals surface area contributed by atoms with E-state index >= 15 is 0 Å². The SMILES string of the molecule is Cc1ccc(C(=O)N2CCN(C(=O)C3(N)CC3)CC2)cc1F.Cl. The van der Waals surface area contributed by atoms with Gasteiger partial charge in [-0.2, -0.15) is 0 Å². The van der Waals surface area contributed by atoms with Crippen molar-refractivity contribution in [3.05, 3.63) is 35.1 Å². The molecule has 2 amide bonds. The summed E-state index contributed by atoms with van der Waals surface area (Å²) >= 11 is 0. The lowest BCUT2D eigenvalue weighted by atomic mass is 10.1. The standard InChI is InChI=1S/C16H20FN3O2.ClH/c1-11-2-3-12(10-13(11)17)14(21)19-6-8-20(9-7-19)15(22)16(18)4-5-16;/h2-3,10H,4-9,18H2,1H3;1H. The molecule has 1 aromatic carbocycles. The third-order valence-electron chi connectivity index (χ3n) is 4.49. The number of benzene rings is 1. The van der Waals surface area contributed by atoms with Gasteiger partial charge in [0, 0.05) is 31.7 Å². The maximum absolute atomic E-state index is 13.6.